The molecule has 0 fully saturated rings. The number of rotatable bonds is 6. The molecular weight excluding hydrogens is 731 g/mol. The molecule has 4 aromatic heterocycles. The molecular formula is C55H35N5. The van der Waals surface area contributed by atoms with Gasteiger partial charge in [0.1, 0.15) is 5.69 Å². The first-order valence-electron chi connectivity index (χ1n) is 20.3. The largest absolute Gasteiger partial charge is 0.309 e. The van der Waals surface area contributed by atoms with Gasteiger partial charge in [-0.15, -0.1) is 0 Å². The van der Waals surface area contributed by atoms with Crippen molar-refractivity contribution < 1.29 is 0 Å². The fourth-order valence-electron chi connectivity index (χ4n) is 8.91. The van der Waals surface area contributed by atoms with E-state index in [2.05, 4.69) is 179 Å². The van der Waals surface area contributed by atoms with Crippen LogP contribution in [0.5, 0.6) is 0 Å². The van der Waals surface area contributed by atoms with Gasteiger partial charge in [0.05, 0.1) is 39.0 Å². The lowest BCUT2D eigenvalue weighted by Crippen LogP contribution is -2.00. The summed E-state index contributed by atoms with van der Waals surface area (Å²) in [6.45, 7) is 0. The highest BCUT2D eigenvalue weighted by atomic mass is 15.0. The molecule has 0 saturated carbocycles. The molecule has 5 nitrogen and oxygen atoms in total. The quantitative estimate of drug-likeness (QED) is 0.169. The number of pyridine rings is 1. The average molecular weight is 766 g/mol. The molecule has 0 saturated heterocycles. The first kappa shape index (κ1) is 33.9. The van der Waals surface area contributed by atoms with Gasteiger partial charge >= 0.3 is 0 Å². The third-order valence-electron chi connectivity index (χ3n) is 11.7. The topological polar surface area (TPSA) is 48.5 Å². The molecule has 0 bridgehead atoms. The van der Waals surface area contributed by atoms with E-state index in [1.54, 1.807) is 0 Å². The number of aromatic nitrogens is 5. The summed E-state index contributed by atoms with van der Waals surface area (Å²) in [4.78, 5) is 15.2. The van der Waals surface area contributed by atoms with Gasteiger partial charge in [0.25, 0.3) is 0 Å². The molecule has 5 heteroatoms. The highest BCUT2D eigenvalue weighted by Gasteiger charge is 2.18. The van der Waals surface area contributed by atoms with E-state index in [-0.39, 0.29) is 0 Å². The minimum absolute atomic E-state index is 0.593. The fourth-order valence-corrected chi connectivity index (χ4v) is 8.91. The third-order valence-corrected chi connectivity index (χ3v) is 11.7. The van der Waals surface area contributed by atoms with E-state index in [1.807, 2.05) is 42.5 Å². The van der Waals surface area contributed by atoms with E-state index in [0.29, 0.717) is 5.82 Å². The Labute approximate surface area is 346 Å². The van der Waals surface area contributed by atoms with Gasteiger partial charge in [0.2, 0.25) is 0 Å². The molecule has 0 aliphatic carbocycles. The van der Waals surface area contributed by atoms with Gasteiger partial charge in [-0.05, 0) is 71.8 Å². The normalized spacial score (nSPS) is 11.7. The lowest BCUT2D eigenvalue weighted by atomic mass is 10.0. The SMILES string of the molecule is c1ccc(-c2cc(-c3ccc(-c4cc(-n5c6ccccc6c6ccccc65)cc(-n5c6ccccc6c6ccccc65)c4)cc3)nc(-c3ccc4ccccc4n3)n2)cc1. The Morgan fingerprint density at radius 2 is 0.733 bits per heavy atom. The summed E-state index contributed by atoms with van der Waals surface area (Å²) in [5.74, 6) is 0.593. The summed E-state index contributed by atoms with van der Waals surface area (Å²) < 4.78 is 4.82. The van der Waals surface area contributed by atoms with Crippen molar-refractivity contribution >= 4 is 54.5 Å². The smallest absolute Gasteiger partial charge is 0.179 e. The lowest BCUT2D eigenvalue weighted by molar-refractivity contribution is 1.13. The molecule has 280 valence electrons. The molecule has 0 aliphatic heterocycles. The van der Waals surface area contributed by atoms with Crippen molar-refractivity contribution in [2.45, 2.75) is 0 Å². The summed E-state index contributed by atoms with van der Waals surface area (Å²) in [5.41, 5.74) is 14.5. The maximum atomic E-state index is 5.14. The van der Waals surface area contributed by atoms with E-state index < -0.39 is 0 Å². The molecule has 8 aromatic carbocycles. The van der Waals surface area contributed by atoms with Crippen LogP contribution in [-0.2, 0) is 0 Å². The van der Waals surface area contributed by atoms with Crippen LogP contribution in [-0.4, -0.2) is 24.1 Å². The molecule has 0 radical (unpaired) electrons. The lowest BCUT2D eigenvalue weighted by Gasteiger charge is -2.16. The van der Waals surface area contributed by atoms with Gasteiger partial charge in [-0.2, -0.15) is 0 Å². The van der Waals surface area contributed by atoms with Crippen molar-refractivity contribution in [1.29, 1.82) is 0 Å². The van der Waals surface area contributed by atoms with Crippen LogP contribution in [0.15, 0.2) is 212 Å². The average Bonchev–Trinajstić information content (AvgIpc) is 3.85. The summed E-state index contributed by atoms with van der Waals surface area (Å²) in [5, 5.41) is 6.02. The minimum atomic E-state index is 0.593. The van der Waals surface area contributed by atoms with Crippen LogP contribution in [0.2, 0.25) is 0 Å². The standard InChI is InChI=1S/C55H35N5/c1-2-14-37(15-3-1)49-35-50(58-55(57-49)48-31-30-38-16-4-9-21-47(38)56-48)39-28-26-36(27-29-39)40-32-41(59-51-22-10-5-17-43(51)44-18-6-11-23-52(44)59)34-42(33-40)60-53-24-12-7-19-45(53)46-20-8-13-25-54(46)60/h1-35H. The molecule has 0 atom stereocenters. The Morgan fingerprint density at radius 3 is 1.28 bits per heavy atom. The number of benzene rings is 8. The molecule has 0 unspecified atom stereocenters. The zero-order valence-electron chi connectivity index (χ0n) is 32.4. The number of para-hydroxylation sites is 5. The zero-order chi connectivity index (χ0) is 39.6. The van der Waals surface area contributed by atoms with Crippen LogP contribution in [0, 0.1) is 0 Å². The van der Waals surface area contributed by atoms with Crippen LogP contribution in [0.25, 0.3) is 111 Å². The van der Waals surface area contributed by atoms with Crippen LogP contribution < -0.4 is 0 Å². The minimum Gasteiger partial charge on any atom is -0.309 e. The fraction of sp³-hybridized carbons (Fsp3) is 0. The number of hydrogen-bond acceptors (Lipinski definition) is 3. The van der Waals surface area contributed by atoms with Crippen LogP contribution >= 0.6 is 0 Å². The zero-order valence-corrected chi connectivity index (χ0v) is 32.4. The van der Waals surface area contributed by atoms with Crippen molar-refractivity contribution in [3.63, 3.8) is 0 Å². The summed E-state index contributed by atoms with van der Waals surface area (Å²) in [6, 6.07) is 75.2. The number of hydrogen-bond donors (Lipinski definition) is 0. The maximum Gasteiger partial charge on any atom is 0.179 e. The van der Waals surface area contributed by atoms with Gasteiger partial charge < -0.3 is 9.13 Å². The monoisotopic (exact) mass is 765 g/mol. The summed E-state index contributed by atoms with van der Waals surface area (Å²) in [6.07, 6.45) is 0. The molecule has 60 heavy (non-hydrogen) atoms. The van der Waals surface area contributed by atoms with E-state index in [4.69, 9.17) is 15.0 Å². The summed E-state index contributed by atoms with van der Waals surface area (Å²) >= 11 is 0. The Bertz CT molecular complexity index is 3360. The van der Waals surface area contributed by atoms with E-state index >= 15 is 0 Å². The van der Waals surface area contributed by atoms with E-state index in [1.165, 1.54) is 43.6 Å². The van der Waals surface area contributed by atoms with Gasteiger partial charge in [0.15, 0.2) is 5.82 Å². The first-order valence-corrected chi connectivity index (χ1v) is 20.3. The number of nitrogens with zero attached hydrogens (tertiary/aromatic N) is 5. The molecule has 12 aromatic rings. The Balaban J connectivity index is 1.04. The predicted octanol–water partition coefficient (Wildman–Crippen LogP) is 13.9. The van der Waals surface area contributed by atoms with Gasteiger partial charge in [-0.25, -0.2) is 15.0 Å². The van der Waals surface area contributed by atoms with Crippen molar-refractivity contribution in [3.8, 4) is 56.5 Å². The second kappa shape index (κ2) is 13.8. The van der Waals surface area contributed by atoms with Crippen molar-refractivity contribution in [3.05, 3.63) is 212 Å². The Hall–Kier alpha value is -8.15. The molecule has 0 spiro atoms. The van der Waals surface area contributed by atoms with Crippen molar-refractivity contribution in [2.75, 3.05) is 0 Å². The van der Waals surface area contributed by atoms with Crippen LogP contribution in [0.1, 0.15) is 0 Å². The highest BCUT2D eigenvalue weighted by molar-refractivity contribution is 6.10. The Morgan fingerprint density at radius 1 is 0.283 bits per heavy atom. The second-order valence-corrected chi connectivity index (χ2v) is 15.3. The number of fused-ring (bicyclic) bond motifs is 7. The molecule has 4 heterocycles. The van der Waals surface area contributed by atoms with Crippen LogP contribution in [0.3, 0.4) is 0 Å². The third kappa shape index (κ3) is 5.59. The van der Waals surface area contributed by atoms with E-state index in [9.17, 15) is 0 Å². The predicted molar refractivity (Wildman–Crippen MR) is 248 cm³/mol. The van der Waals surface area contributed by atoms with Gasteiger partial charge in [0, 0.05) is 49.4 Å². The molecule has 0 N–H and O–H groups in total. The van der Waals surface area contributed by atoms with Crippen LogP contribution in [0.4, 0.5) is 0 Å². The van der Waals surface area contributed by atoms with E-state index in [0.717, 1.165) is 61.6 Å². The molecule has 12 rings (SSSR count). The first-order chi connectivity index (χ1) is 29.7. The molecule has 0 aliphatic rings. The molecule has 0 amide bonds. The maximum absolute atomic E-state index is 5.14. The van der Waals surface area contributed by atoms with Crippen molar-refractivity contribution in [1.82, 2.24) is 24.1 Å². The second-order valence-electron chi connectivity index (χ2n) is 15.3. The highest BCUT2D eigenvalue weighted by Crippen LogP contribution is 2.38. The van der Waals surface area contributed by atoms with Gasteiger partial charge in [-0.3, -0.25) is 0 Å². The van der Waals surface area contributed by atoms with Gasteiger partial charge in [-0.1, -0.05) is 152 Å². The Kier molecular flexibility index (Phi) is 7.78. The summed E-state index contributed by atoms with van der Waals surface area (Å²) in [7, 11) is 0. The van der Waals surface area contributed by atoms with Crippen molar-refractivity contribution in [2.24, 2.45) is 0 Å².